The van der Waals surface area contributed by atoms with Crippen molar-refractivity contribution >= 4 is 0 Å². The molecule has 3 nitrogen and oxygen atoms in total. The molecule has 5 heteroatoms. The molecule has 0 radical (unpaired) electrons. The third-order valence-electron chi connectivity index (χ3n) is 3.54. The van der Waals surface area contributed by atoms with Gasteiger partial charge in [-0.1, -0.05) is 0 Å². The molecule has 0 aromatic heterocycles. The quantitative estimate of drug-likeness (QED) is 0.893. The van der Waals surface area contributed by atoms with Gasteiger partial charge in [0.25, 0.3) is 6.43 Å². The van der Waals surface area contributed by atoms with Crippen LogP contribution >= 0.6 is 0 Å². The van der Waals surface area contributed by atoms with Gasteiger partial charge >= 0.3 is 0 Å². The average molecular weight is 271 g/mol. The van der Waals surface area contributed by atoms with Gasteiger partial charge < -0.3 is 14.8 Å². The highest BCUT2D eigenvalue weighted by Gasteiger charge is 2.21. The van der Waals surface area contributed by atoms with Crippen LogP contribution in [0.15, 0.2) is 12.1 Å². The summed E-state index contributed by atoms with van der Waals surface area (Å²) in [7, 11) is 2.94. The monoisotopic (exact) mass is 271 g/mol. The van der Waals surface area contributed by atoms with Crippen LogP contribution in [0.5, 0.6) is 11.5 Å². The minimum atomic E-state index is -2.54. The summed E-state index contributed by atoms with van der Waals surface area (Å²) < 4.78 is 36.3. The summed E-state index contributed by atoms with van der Waals surface area (Å²) in [5.74, 6) is 1.28. The lowest BCUT2D eigenvalue weighted by Crippen LogP contribution is -2.11. The highest BCUT2D eigenvalue weighted by Crippen LogP contribution is 2.36. The normalized spacial score (nSPS) is 18.9. The van der Waals surface area contributed by atoms with Crippen LogP contribution in [-0.2, 0) is 6.42 Å². The van der Waals surface area contributed by atoms with Crippen molar-refractivity contribution in [1.29, 1.82) is 0 Å². The Hall–Kier alpha value is -1.36. The Kier molecular flexibility index (Phi) is 4.58. The lowest BCUT2D eigenvalue weighted by atomic mass is 9.96. The minimum absolute atomic E-state index is 0.0655. The van der Waals surface area contributed by atoms with Gasteiger partial charge in [-0.05, 0) is 43.5 Å². The Morgan fingerprint density at radius 3 is 2.53 bits per heavy atom. The van der Waals surface area contributed by atoms with Crippen molar-refractivity contribution in [2.45, 2.75) is 19.3 Å². The second-order valence-corrected chi connectivity index (χ2v) is 4.77. The van der Waals surface area contributed by atoms with Gasteiger partial charge in [0.15, 0.2) is 0 Å². The van der Waals surface area contributed by atoms with Crippen molar-refractivity contribution in [2.24, 2.45) is 5.92 Å². The smallest absolute Gasteiger partial charge is 0.267 e. The third-order valence-corrected chi connectivity index (χ3v) is 3.54. The van der Waals surface area contributed by atoms with Gasteiger partial charge in [-0.15, -0.1) is 0 Å². The number of alkyl halides is 2. The van der Waals surface area contributed by atoms with Gasteiger partial charge in [0.1, 0.15) is 11.5 Å². The number of ether oxygens (including phenoxy) is 2. The van der Waals surface area contributed by atoms with Crippen molar-refractivity contribution in [1.82, 2.24) is 5.32 Å². The van der Waals surface area contributed by atoms with Crippen LogP contribution in [0.3, 0.4) is 0 Å². The molecule has 0 aliphatic carbocycles. The molecule has 0 bridgehead atoms. The molecule has 1 heterocycles. The van der Waals surface area contributed by atoms with Crippen LogP contribution in [0.2, 0.25) is 0 Å². The summed E-state index contributed by atoms with van der Waals surface area (Å²) in [5.41, 5.74) is 0.761. The van der Waals surface area contributed by atoms with E-state index in [0.717, 1.165) is 31.5 Å². The topological polar surface area (TPSA) is 30.5 Å². The number of halogens is 2. The summed E-state index contributed by atoms with van der Waals surface area (Å²) in [6, 6.07) is 3.07. The summed E-state index contributed by atoms with van der Waals surface area (Å²) in [6.07, 6.45) is -0.722. The van der Waals surface area contributed by atoms with Crippen molar-refractivity contribution in [3.63, 3.8) is 0 Å². The van der Waals surface area contributed by atoms with Crippen LogP contribution in [0.1, 0.15) is 24.0 Å². The van der Waals surface area contributed by atoms with Gasteiger partial charge in [0.05, 0.1) is 19.8 Å². The maximum Gasteiger partial charge on any atom is 0.267 e. The first-order valence-electron chi connectivity index (χ1n) is 6.39. The van der Waals surface area contributed by atoms with Crippen molar-refractivity contribution in [2.75, 3.05) is 27.3 Å². The summed E-state index contributed by atoms with van der Waals surface area (Å²) in [6.45, 7) is 1.92. The third kappa shape index (κ3) is 3.15. The summed E-state index contributed by atoms with van der Waals surface area (Å²) in [5, 5.41) is 3.28. The number of rotatable bonds is 5. The summed E-state index contributed by atoms with van der Waals surface area (Å²) >= 11 is 0. The number of hydrogen-bond donors (Lipinski definition) is 1. The zero-order valence-corrected chi connectivity index (χ0v) is 11.2. The number of nitrogens with one attached hydrogen (secondary N) is 1. The van der Waals surface area contributed by atoms with E-state index in [1.807, 2.05) is 0 Å². The Morgan fingerprint density at radius 2 is 2.00 bits per heavy atom. The molecule has 0 amide bonds. The molecule has 106 valence electrons. The van der Waals surface area contributed by atoms with Gasteiger partial charge in [-0.25, -0.2) is 8.78 Å². The predicted octanol–water partition coefficient (Wildman–Crippen LogP) is 2.79. The Morgan fingerprint density at radius 1 is 1.26 bits per heavy atom. The van der Waals surface area contributed by atoms with E-state index in [0.29, 0.717) is 11.7 Å². The molecule has 1 aliphatic heterocycles. The predicted molar refractivity (Wildman–Crippen MR) is 69.2 cm³/mol. The Balaban J connectivity index is 2.31. The molecule has 2 rings (SSSR count). The number of hydrogen-bond acceptors (Lipinski definition) is 3. The SMILES string of the molecule is COc1cc(OC)c(C(F)F)cc1CC1CCNC1. The van der Waals surface area contributed by atoms with Crippen molar-refractivity contribution in [3.8, 4) is 11.5 Å². The Labute approximate surface area is 111 Å². The first-order valence-corrected chi connectivity index (χ1v) is 6.39. The molecule has 1 unspecified atom stereocenters. The van der Waals surface area contributed by atoms with Crippen LogP contribution < -0.4 is 14.8 Å². The first kappa shape index (κ1) is 14.1. The average Bonchev–Trinajstić information content (AvgIpc) is 2.91. The van der Waals surface area contributed by atoms with Crippen molar-refractivity contribution in [3.05, 3.63) is 23.3 Å². The second-order valence-electron chi connectivity index (χ2n) is 4.77. The highest BCUT2D eigenvalue weighted by atomic mass is 19.3. The van der Waals surface area contributed by atoms with E-state index in [4.69, 9.17) is 9.47 Å². The van der Waals surface area contributed by atoms with Crippen LogP contribution in [-0.4, -0.2) is 27.3 Å². The molecule has 0 saturated carbocycles. The standard InChI is InChI=1S/C14H19F2NO2/c1-18-12-7-13(19-2)11(14(15)16)6-10(12)5-9-3-4-17-8-9/h6-7,9,14,17H,3-5,8H2,1-2H3. The molecular formula is C14H19F2NO2. The molecule has 1 saturated heterocycles. The van der Waals surface area contributed by atoms with Crippen molar-refractivity contribution < 1.29 is 18.3 Å². The van der Waals surface area contributed by atoms with Crippen LogP contribution in [0.4, 0.5) is 8.78 Å². The van der Waals surface area contributed by atoms with E-state index in [2.05, 4.69) is 5.32 Å². The zero-order chi connectivity index (χ0) is 13.8. The highest BCUT2D eigenvalue weighted by molar-refractivity contribution is 5.47. The molecule has 0 spiro atoms. The van der Waals surface area contributed by atoms with E-state index >= 15 is 0 Å². The molecular weight excluding hydrogens is 252 g/mol. The molecule has 19 heavy (non-hydrogen) atoms. The van der Waals surface area contributed by atoms with E-state index in [1.54, 1.807) is 13.2 Å². The van der Waals surface area contributed by atoms with Crippen LogP contribution in [0.25, 0.3) is 0 Å². The number of methoxy groups -OCH3 is 2. The maximum absolute atomic E-state index is 13.0. The largest absolute Gasteiger partial charge is 0.496 e. The van der Waals surface area contributed by atoms with Gasteiger partial charge in [-0.2, -0.15) is 0 Å². The maximum atomic E-state index is 13.0. The van der Waals surface area contributed by atoms with Gasteiger partial charge in [0.2, 0.25) is 0 Å². The van der Waals surface area contributed by atoms with E-state index < -0.39 is 6.43 Å². The Bertz CT molecular complexity index is 432. The van der Waals surface area contributed by atoms with E-state index in [9.17, 15) is 8.78 Å². The van der Waals surface area contributed by atoms with Gasteiger partial charge in [-0.3, -0.25) is 0 Å². The summed E-state index contributed by atoms with van der Waals surface area (Å²) in [4.78, 5) is 0. The number of benzene rings is 1. The molecule has 1 N–H and O–H groups in total. The minimum Gasteiger partial charge on any atom is -0.496 e. The molecule has 1 aromatic carbocycles. The lowest BCUT2D eigenvalue weighted by molar-refractivity contribution is 0.146. The van der Waals surface area contributed by atoms with Gasteiger partial charge in [0, 0.05) is 6.07 Å². The zero-order valence-electron chi connectivity index (χ0n) is 11.2. The molecule has 1 fully saturated rings. The molecule has 1 atom stereocenters. The fourth-order valence-corrected chi connectivity index (χ4v) is 2.52. The lowest BCUT2D eigenvalue weighted by Gasteiger charge is -2.16. The fraction of sp³-hybridized carbons (Fsp3) is 0.571. The van der Waals surface area contributed by atoms with E-state index in [1.165, 1.54) is 13.2 Å². The van der Waals surface area contributed by atoms with E-state index in [-0.39, 0.29) is 11.3 Å². The molecule has 1 aromatic rings. The second kappa shape index (κ2) is 6.19. The molecule has 1 aliphatic rings. The fourth-order valence-electron chi connectivity index (χ4n) is 2.52. The first-order chi connectivity index (χ1) is 9.15. The van der Waals surface area contributed by atoms with Crippen LogP contribution in [0, 0.1) is 5.92 Å².